The Morgan fingerprint density at radius 1 is 1.22 bits per heavy atom. The van der Waals surface area contributed by atoms with E-state index in [9.17, 15) is 0 Å². The van der Waals surface area contributed by atoms with Gasteiger partial charge in [-0.15, -0.1) is 0 Å². The molecule has 0 amide bonds. The van der Waals surface area contributed by atoms with E-state index in [2.05, 4.69) is 21.8 Å². The fourth-order valence-electron chi connectivity index (χ4n) is 2.80. The van der Waals surface area contributed by atoms with Crippen LogP contribution >= 0.6 is 0 Å². The van der Waals surface area contributed by atoms with E-state index in [0.29, 0.717) is 12.1 Å². The van der Waals surface area contributed by atoms with Gasteiger partial charge in [0.2, 0.25) is 0 Å². The molecule has 2 N–H and O–H groups in total. The number of anilines is 1. The van der Waals surface area contributed by atoms with Crippen LogP contribution in [0, 0.1) is 6.92 Å². The van der Waals surface area contributed by atoms with Crippen LogP contribution in [0.1, 0.15) is 44.7 Å². The van der Waals surface area contributed by atoms with Crippen molar-refractivity contribution in [3.63, 3.8) is 0 Å². The minimum absolute atomic E-state index is 0.396. The number of nitrogens with two attached hydrogens (primary N) is 1. The van der Waals surface area contributed by atoms with Gasteiger partial charge in [-0.2, -0.15) is 0 Å². The topological polar surface area (TPSA) is 55.0 Å². The largest absolute Gasteiger partial charge is 0.352 e. The summed E-state index contributed by atoms with van der Waals surface area (Å²) in [6.07, 6.45) is 9.31. The smallest absolute Gasteiger partial charge is 0.150 e. The van der Waals surface area contributed by atoms with E-state index in [1.54, 1.807) is 12.4 Å². The zero-order valence-electron chi connectivity index (χ0n) is 11.5. The minimum Gasteiger partial charge on any atom is -0.352 e. The highest BCUT2D eigenvalue weighted by Gasteiger charge is 2.25. The highest BCUT2D eigenvalue weighted by Crippen LogP contribution is 2.27. The molecule has 1 saturated carbocycles. The maximum absolute atomic E-state index is 5.99. The van der Waals surface area contributed by atoms with Crippen molar-refractivity contribution in [3.8, 4) is 0 Å². The highest BCUT2D eigenvalue weighted by atomic mass is 15.2. The zero-order valence-corrected chi connectivity index (χ0v) is 11.5. The first-order valence-electron chi connectivity index (χ1n) is 7.02. The Hall–Kier alpha value is -1.16. The monoisotopic (exact) mass is 248 g/mol. The van der Waals surface area contributed by atoms with Crippen LogP contribution in [-0.2, 0) is 0 Å². The maximum Gasteiger partial charge on any atom is 0.150 e. The van der Waals surface area contributed by atoms with E-state index in [0.717, 1.165) is 37.3 Å². The number of aryl methyl sites for hydroxylation is 1. The molecule has 0 aliphatic heterocycles. The second-order valence-electron chi connectivity index (χ2n) is 5.23. The van der Waals surface area contributed by atoms with Gasteiger partial charge in [-0.05, 0) is 39.0 Å². The van der Waals surface area contributed by atoms with Crippen LogP contribution < -0.4 is 10.6 Å². The van der Waals surface area contributed by atoms with Gasteiger partial charge in [-0.3, -0.25) is 4.98 Å². The van der Waals surface area contributed by atoms with E-state index < -0.39 is 0 Å². The van der Waals surface area contributed by atoms with Gasteiger partial charge in [0.25, 0.3) is 0 Å². The first-order chi connectivity index (χ1) is 8.72. The molecule has 100 valence electrons. The van der Waals surface area contributed by atoms with Crippen LogP contribution in [0.15, 0.2) is 12.4 Å². The third kappa shape index (κ3) is 2.99. The van der Waals surface area contributed by atoms with Crippen molar-refractivity contribution >= 4 is 5.82 Å². The molecule has 1 aromatic heterocycles. The Morgan fingerprint density at radius 2 is 1.89 bits per heavy atom. The van der Waals surface area contributed by atoms with Gasteiger partial charge in [-0.25, -0.2) is 4.98 Å². The van der Waals surface area contributed by atoms with Gasteiger partial charge in [-0.1, -0.05) is 6.92 Å². The number of nitrogens with zero attached hydrogens (tertiary/aromatic N) is 3. The second-order valence-corrected chi connectivity index (χ2v) is 5.23. The fourth-order valence-corrected chi connectivity index (χ4v) is 2.80. The average molecular weight is 248 g/mol. The maximum atomic E-state index is 5.99. The third-order valence-electron chi connectivity index (χ3n) is 3.77. The lowest BCUT2D eigenvalue weighted by molar-refractivity contribution is 0.373. The summed E-state index contributed by atoms with van der Waals surface area (Å²) >= 11 is 0. The molecule has 18 heavy (non-hydrogen) atoms. The predicted molar refractivity (Wildman–Crippen MR) is 74.6 cm³/mol. The Labute approximate surface area is 110 Å². The van der Waals surface area contributed by atoms with Crippen molar-refractivity contribution in [1.29, 1.82) is 0 Å². The molecule has 0 aromatic carbocycles. The summed E-state index contributed by atoms with van der Waals surface area (Å²) in [5.41, 5.74) is 7.02. The van der Waals surface area contributed by atoms with E-state index in [-0.39, 0.29) is 0 Å². The number of hydrogen-bond acceptors (Lipinski definition) is 4. The molecule has 1 heterocycles. The van der Waals surface area contributed by atoms with E-state index in [4.69, 9.17) is 5.73 Å². The van der Waals surface area contributed by atoms with Crippen molar-refractivity contribution in [2.24, 2.45) is 5.73 Å². The van der Waals surface area contributed by atoms with Crippen molar-refractivity contribution in [1.82, 2.24) is 9.97 Å². The van der Waals surface area contributed by atoms with Gasteiger partial charge >= 0.3 is 0 Å². The Bertz CT molecular complexity index is 372. The molecule has 4 nitrogen and oxygen atoms in total. The molecule has 0 unspecified atom stereocenters. The lowest BCUT2D eigenvalue weighted by Gasteiger charge is -2.37. The molecule has 1 fully saturated rings. The highest BCUT2D eigenvalue weighted by molar-refractivity contribution is 5.43. The lowest BCUT2D eigenvalue weighted by Crippen LogP contribution is -2.42. The van der Waals surface area contributed by atoms with Crippen LogP contribution in [0.4, 0.5) is 5.82 Å². The van der Waals surface area contributed by atoms with E-state index >= 15 is 0 Å². The van der Waals surface area contributed by atoms with Crippen molar-refractivity contribution in [3.05, 3.63) is 18.1 Å². The molecular formula is C14H24N4. The Balaban J connectivity index is 2.15. The van der Waals surface area contributed by atoms with E-state index in [1.807, 2.05) is 6.92 Å². The fraction of sp³-hybridized carbons (Fsp3) is 0.714. The molecule has 0 atom stereocenters. The standard InChI is InChI=1S/C14H24N4/c1-3-10-18(13-6-4-12(15)5-7-13)14-11(2)16-8-9-17-14/h8-9,12-13H,3-7,10,15H2,1-2H3. The van der Waals surface area contributed by atoms with Gasteiger partial charge in [0.1, 0.15) is 5.82 Å². The summed E-state index contributed by atoms with van der Waals surface area (Å²) in [5.74, 6) is 1.06. The molecule has 0 saturated heterocycles. The first kappa shape index (κ1) is 13.3. The van der Waals surface area contributed by atoms with Crippen LogP contribution in [0.5, 0.6) is 0 Å². The number of hydrogen-bond donors (Lipinski definition) is 1. The van der Waals surface area contributed by atoms with Gasteiger partial charge in [0.05, 0.1) is 5.69 Å². The quantitative estimate of drug-likeness (QED) is 0.888. The van der Waals surface area contributed by atoms with Crippen LogP contribution in [0.3, 0.4) is 0 Å². The third-order valence-corrected chi connectivity index (χ3v) is 3.77. The number of aromatic nitrogens is 2. The molecule has 2 rings (SSSR count). The summed E-state index contributed by atoms with van der Waals surface area (Å²) in [6.45, 7) is 5.31. The van der Waals surface area contributed by atoms with E-state index in [1.165, 1.54) is 12.8 Å². The van der Waals surface area contributed by atoms with Crippen LogP contribution in [0.25, 0.3) is 0 Å². The molecule has 0 bridgehead atoms. The minimum atomic E-state index is 0.396. The normalized spacial score (nSPS) is 23.9. The zero-order chi connectivity index (χ0) is 13.0. The molecule has 4 heteroatoms. The molecule has 1 aliphatic rings. The summed E-state index contributed by atoms with van der Waals surface area (Å²) in [6, 6.07) is 0.979. The van der Waals surface area contributed by atoms with Crippen molar-refractivity contribution in [2.45, 2.75) is 58.0 Å². The average Bonchev–Trinajstić information content (AvgIpc) is 2.38. The summed E-state index contributed by atoms with van der Waals surface area (Å²) in [7, 11) is 0. The molecular weight excluding hydrogens is 224 g/mol. The summed E-state index contributed by atoms with van der Waals surface area (Å²) < 4.78 is 0. The Kier molecular flexibility index (Phi) is 4.53. The van der Waals surface area contributed by atoms with Crippen molar-refractivity contribution < 1.29 is 0 Å². The molecule has 0 radical (unpaired) electrons. The SMILES string of the molecule is CCCN(c1nccnc1C)C1CCC(N)CC1. The first-order valence-corrected chi connectivity index (χ1v) is 7.02. The second kappa shape index (κ2) is 6.14. The molecule has 1 aromatic rings. The summed E-state index contributed by atoms with van der Waals surface area (Å²) in [5, 5.41) is 0. The van der Waals surface area contributed by atoms with Crippen LogP contribution in [-0.4, -0.2) is 28.6 Å². The van der Waals surface area contributed by atoms with Gasteiger partial charge in [0.15, 0.2) is 0 Å². The Morgan fingerprint density at radius 3 is 2.50 bits per heavy atom. The molecule has 1 aliphatic carbocycles. The number of rotatable bonds is 4. The lowest BCUT2D eigenvalue weighted by atomic mass is 9.90. The van der Waals surface area contributed by atoms with Crippen LogP contribution in [0.2, 0.25) is 0 Å². The van der Waals surface area contributed by atoms with Gasteiger partial charge in [0, 0.05) is 31.0 Å². The predicted octanol–water partition coefficient (Wildman–Crippen LogP) is 2.27. The van der Waals surface area contributed by atoms with Gasteiger partial charge < -0.3 is 10.6 Å². The molecule has 0 spiro atoms. The van der Waals surface area contributed by atoms with Crippen molar-refractivity contribution in [2.75, 3.05) is 11.4 Å². The summed E-state index contributed by atoms with van der Waals surface area (Å²) in [4.78, 5) is 11.3.